The van der Waals surface area contributed by atoms with Gasteiger partial charge in [0.15, 0.2) is 11.6 Å². The van der Waals surface area contributed by atoms with Gasteiger partial charge < -0.3 is 4.90 Å². The van der Waals surface area contributed by atoms with Crippen molar-refractivity contribution in [2.75, 3.05) is 7.05 Å². The number of hydrogen-bond donors (Lipinski definition) is 0. The van der Waals surface area contributed by atoms with Crippen LogP contribution in [0.25, 0.3) is 0 Å². The van der Waals surface area contributed by atoms with Gasteiger partial charge in [0.1, 0.15) is 0 Å². The van der Waals surface area contributed by atoms with E-state index >= 15 is 0 Å². The molecule has 2 rings (SSSR count). The summed E-state index contributed by atoms with van der Waals surface area (Å²) in [7, 11) is 1.87. The second kappa shape index (κ2) is 4.08. The van der Waals surface area contributed by atoms with E-state index in [4.69, 9.17) is 0 Å². The summed E-state index contributed by atoms with van der Waals surface area (Å²) in [6.07, 6.45) is 7.39. The molecule has 0 bridgehead atoms. The molecule has 0 unspecified atom stereocenters. The molecule has 0 aromatic rings. The average molecular weight is 217 g/mol. The summed E-state index contributed by atoms with van der Waals surface area (Å²) in [5.74, 6) is -0.0256. The molecule has 0 radical (unpaired) electrons. The SMILES string of the molecule is CC1=CC=CN(C)C1=C1C(=O)CCCC1=O. The highest BCUT2D eigenvalue weighted by Gasteiger charge is 2.28. The molecular weight excluding hydrogens is 202 g/mol. The van der Waals surface area contributed by atoms with Crippen LogP contribution in [0.15, 0.2) is 35.2 Å². The minimum absolute atomic E-state index is 0.0128. The summed E-state index contributed by atoms with van der Waals surface area (Å²) >= 11 is 0. The lowest BCUT2D eigenvalue weighted by atomic mass is 9.88. The van der Waals surface area contributed by atoms with Crippen LogP contribution in [0.4, 0.5) is 0 Å². The zero-order valence-electron chi connectivity index (χ0n) is 9.62. The number of carbonyl (C=O) groups excluding carboxylic acids is 2. The van der Waals surface area contributed by atoms with E-state index < -0.39 is 0 Å². The van der Waals surface area contributed by atoms with Crippen LogP contribution in [-0.4, -0.2) is 23.5 Å². The maximum absolute atomic E-state index is 11.8. The Morgan fingerprint density at radius 3 is 2.38 bits per heavy atom. The molecule has 1 saturated carbocycles. The fourth-order valence-electron chi connectivity index (χ4n) is 2.20. The highest BCUT2D eigenvalue weighted by molar-refractivity contribution is 6.22. The summed E-state index contributed by atoms with van der Waals surface area (Å²) in [6.45, 7) is 1.93. The number of likely N-dealkylation sites (N-methyl/N-ethyl adjacent to an activating group) is 1. The maximum atomic E-state index is 11.8. The monoisotopic (exact) mass is 217 g/mol. The quantitative estimate of drug-likeness (QED) is 0.460. The minimum atomic E-state index is -0.0128. The fraction of sp³-hybridized carbons (Fsp3) is 0.385. The molecule has 1 aliphatic carbocycles. The summed E-state index contributed by atoms with van der Waals surface area (Å²) in [4.78, 5) is 25.5. The first-order valence-electron chi connectivity index (χ1n) is 5.50. The van der Waals surface area contributed by atoms with Gasteiger partial charge in [-0.15, -0.1) is 0 Å². The molecule has 2 aliphatic rings. The molecule has 3 nitrogen and oxygen atoms in total. The zero-order chi connectivity index (χ0) is 11.7. The van der Waals surface area contributed by atoms with Crippen molar-refractivity contribution in [3.63, 3.8) is 0 Å². The van der Waals surface area contributed by atoms with Crippen LogP contribution in [-0.2, 0) is 9.59 Å². The molecule has 1 heterocycles. The number of rotatable bonds is 0. The van der Waals surface area contributed by atoms with Crippen LogP contribution < -0.4 is 0 Å². The Morgan fingerprint density at radius 1 is 1.19 bits per heavy atom. The lowest BCUT2D eigenvalue weighted by molar-refractivity contribution is -0.123. The Hall–Kier alpha value is -1.64. The van der Waals surface area contributed by atoms with Crippen LogP contribution in [0.5, 0.6) is 0 Å². The van der Waals surface area contributed by atoms with E-state index in [2.05, 4.69) is 0 Å². The Morgan fingerprint density at radius 2 is 1.81 bits per heavy atom. The van der Waals surface area contributed by atoms with E-state index in [0.29, 0.717) is 24.8 Å². The second-order valence-electron chi connectivity index (χ2n) is 4.23. The summed E-state index contributed by atoms with van der Waals surface area (Å²) in [5.41, 5.74) is 2.15. The van der Waals surface area contributed by atoms with Crippen molar-refractivity contribution >= 4 is 11.6 Å². The molecule has 0 atom stereocenters. The number of nitrogens with zero attached hydrogens (tertiary/aromatic N) is 1. The van der Waals surface area contributed by atoms with Crippen LogP contribution in [0.3, 0.4) is 0 Å². The molecule has 1 fully saturated rings. The summed E-state index contributed by atoms with van der Waals surface area (Å²) in [6, 6.07) is 0. The molecule has 0 N–H and O–H groups in total. The van der Waals surface area contributed by atoms with E-state index in [0.717, 1.165) is 11.3 Å². The van der Waals surface area contributed by atoms with Gasteiger partial charge in [0, 0.05) is 26.1 Å². The van der Waals surface area contributed by atoms with Crippen molar-refractivity contribution in [2.24, 2.45) is 0 Å². The highest BCUT2D eigenvalue weighted by Crippen LogP contribution is 2.27. The van der Waals surface area contributed by atoms with Gasteiger partial charge in [0.25, 0.3) is 0 Å². The van der Waals surface area contributed by atoms with Gasteiger partial charge in [-0.25, -0.2) is 0 Å². The predicted molar refractivity (Wildman–Crippen MR) is 61.6 cm³/mol. The molecule has 0 aromatic heterocycles. The molecular formula is C13H15NO2. The van der Waals surface area contributed by atoms with E-state index in [1.54, 1.807) is 0 Å². The summed E-state index contributed by atoms with van der Waals surface area (Å²) < 4.78 is 0. The molecule has 0 saturated heterocycles. The van der Waals surface area contributed by atoms with Gasteiger partial charge >= 0.3 is 0 Å². The number of ketones is 2. The van der Waals surface area contributed by atoms with Crippen molar-refractivity contribution in [3.05, 3.63) is 35.2 Å². The first-order valence-corrected chi connectivity index (χ1v) is 5.50. The van der Waals surface area contributed by atoms with Crippen molar-refractivity contribution in [1.29, 1.82) is 0 Å². The average Bonchev–Trinajstić information content (AvgIpc) is 2.21. The number of carbonyl (C=O) groups is 2. The number of hydrogen-bond acceptors (Lipinski definition) is 3. The van der Waals surface area contributed by atoms with Crippen LogP contribution in [0.2, 0.25) is 0 Å². The lowest BCUT2D eigenvalue weighted by Crippen LogP contribution is -2.26. The predicted octanol–water partition coefficient (Wildman–Crippen LogP) is 1.97. The molecule has 1 aliphatic heterocycles. The van der Waals surface area contributed by atoms with Gasteiger partial charge in [-0.3, -0.25) is 9.59 Å². The van der Waals surface area contributed by atoms with Crippen molar-refractivity contribution in [1.82, 2.24) is 4.90 Å². The topological polar surface area (TPSA) is 37.4 Å². The molecule has 0 aromatic carbocycles. The third-order valence-electron chi connectivity index (χ3n) is 2.98. The van der Waals surface area contributed by atoms with Crippen molar-refractivity contribution in [3.8, 4) is 0 Å². The van der Waals surface area contributed by atoms with E-state index in [1.165, 1.54) is 0 Å². The Labute approximate surface area is 95.1 Å². The third-order valence-corrected chi connectivity index (χ3v) is 2.98. The van der Waals surface area contributed by atoms with E-state index in [1.807, 2.05) is 37.2 Å². The fourth-order valence-corrected chi connectivity index (χ4v) is 2.20. The van der Waals surface area contributed by atoms with E-state index in [9.17, 15) is 9.59 Å². The van der Waals surface area contributed by atoms with Gasteiger partial charge in [0.05, 0.1) is 11.3 Å². The number of Topliss-reactive ketones (excluding diaryl/α,β-unsaturated/α-hetero) is 2. The van der Waals surface area contributed by atoms with Crippen LogP contribution in [0, 0.1) is 0 Å². The molecule has 0 spiro atoms. The molecule has 16 heavy (non-hydrogen) atoms. The van der Waals surface area contributed by atoms with Crippen LogP contribution >= 0.6 is 0 Å². The molecule has 0 amide bonds. The van der Waals surface area contributed by atoms with Crippen LogP contribution in [0.1, 0.15) is 26.2 Å². The third kappa shape index (κ3) is 1.73. The lowest BCUT2D eigenvalue weighted by Gasteiger charge is -2.26. The molecule has 84 valence electrons. The first kappa shape index (κ1) is 10.9. The smallest absolute Gasteiger partial charge is 0.168 e. The normalized spacial score (nSPS) is 21.6. The van der Waals surface area contributed by atoms with Gasteiger partial charge in [-0.05, 0) is 25.0 Å². The molecule has 3 heteroatoms. The second-order valence-corrected chi connectivity index (χ2v) is 4.23. The largest absolute Gasteiger partial charge is 0.350 e. The van der Waals surface area contributed by atoms with E-state index in [-0.39, 0.29) is 11.6 Å². The van der Waals surface area contributed by atoms with Crippen molar-refractivity contribution < 1.29 is 9.59 Å². The Kier molecular flexibility index (Phi) is 2.77. The summed E-state index contributed by atoms with van der Waals surface area (Å²) in [5, 5.41) is 0. The Bertz CT molecular complexity index is 423. The van der Waals surface area contributed by atoms with Gasteiger partial charge in [0.2, 0.25) is 0 Å². The zero-order valence-corrected chi connectivity index (χ0v) is 9.62. The standard InChI is InChI=1S/C13H15NO2/c1-9-5-4-8-14(2)13(9)12-10(15)6-3-7-11(12)16/h4-5,8H,3,6-7H2,1-2H3. The minimum Gasteiger partial charge on any atom is -0.350 e. The van der Waals surface area contributed by atoms with Crippen molar-refractivity contribution in [2.45, 2.75) is 26.2 Å². The van der Waals surface area contributed by atoms with Gasteiger partial charge in [-0.1, -0.05) is 6.08 Å². The van der Waals surface area contributed by atoms with Gasteiger partial charge in [-0.2, -0.15) is 0 Å². The first-order chi connectivity index (χ1) is 7.61. The highest BCUT2D eigenvalue weighted by atomic mass is 16.1. The number of allylic oxidation sites excluding steroid dienone is 4. The maximum Gasteiger partial charge on any atom is 0.168 e. The Balaban J connectivity index is 2.53.